The summed E-state index contributed by atoms with van der Waals surface area (Å²) < 4.78 is 5.72. The Morgan fingerprint density at radius 2 is 1.86 bits per heavy atom. The van der Waals surface area contributed by atoms with E-state index in [1.165, 1.54) is 0 Å². The molecule has 0 bridgehead atoms. The van der Waals surface area contributed by atoms with Gasteiger partial charge in [-0.2, -0.15) is 0 Å². The van der Waals surface area contributed by atoms with Gasteiger partial charge in [0.15, 0.2) is 0 Å². The number of aliphatic hydroxyl groups excluding tert-OH is 1. The number of allylic oxidation sites excluding steroid dienone is 1. The highest BCUT2D eigenvalue weighted by molar-refractivity contribution is 5.63. The predicted octanol–water partition coefficient (Wildman–Crippen LogP) is 3.84. The highest BCUT2D eigenvalue weighted by Crippen LogP contribution is 2.24. The highest BCUT2D eigenvalue weighted by atomic mass is 16.5. The number of terminal acetylenes is 1. The second-order valence-corrected chi connectivity index (χ2v) is 4.67. The molecule has 106 valence electrons. The molecule has 0 aliphatic carbocycles. The first-order valence-corrected chi connectivity index (χ1v) is 6.80. The molecule has 0 saturated carbocycles. The van der Waals surface area contributed by atoms with Gasteiger partial charge >= 0.3 is 0 Å². The Hall–Kier alpha value is -2.50. The van der Waals surface area contributed by atoms with Gasteiger partial charge in [-0.15, -0.1) is 6.42 Å². The van der Waals surface area contributed by atoms with Gasteiger partial charge in [-0.1, -0.05) is 54.5 Å². The van der Waals surface area contributed by atoms with Crippen molar-refractivity contribution in [2.24, 2.45) is 0 Å². The zero-order chi connectivity index (χ0) is 15.1. The Labute approximate surface area is 125 Å². The average molecular weight is 278 g/mol. The molecule has 1 N–H and O–H groups in total. The van der Waals surface area contributed by atoms with Crippen LogP contribution in [-0.4, -0.2) is 11.7 Å². The molecule has 2 nitrogen and oxygen atoms in total. The summed E-state index contributed by atoms with van der Waals surface area (Å²) in [5.41, 5.74) is 2.93. The molecule has 1 atom stereocenters. The number of rotatable bonds is 5. The summed E-state index contributed by atoms with van der Waals surface area (Å²) >= 11 is 0. The molecular formula is C19H18O2. The minimum atomic E-state index is -0.944. The van der Waals surface area contributed by atoms with Crippen molar-refractivity contribution in [3.8, 4) is 18.1 Å². The third-order valence-corrected chi connectivity index (χ3v) is 3.23. The quantitative estimate of drug-likeness (QED) is 0.842. The van der Waals surface area contributed by atoms with Crippen LogP contribution < -0.4 is 4.74 Å². The molecule has 1 unspecified atom stereocenters. The second-order valence-electron chi connectivity index (χ2n) is 4.67. The first-order chi connectivity index (χ1) is 10.2. The molecule has 0 saturated heterocycles. The van der Waals surface area contributed by atoms with E-state index in [1.807, 2.05) is 49.4 Å². The van der Waals surface area contributed by atoms with Crippen LogP contribution in [0.3, 0.4) is 0 Å². The molecule has 0 heterocycles. The fraction of sp³-hybridized carbons (Fsp3) is 0.158. The molecular weight excluding hydrogens is 260 g/mol. The van der Waals surface area contributed by atoms with Crippen molar-refractivity contribution < 1.29 is 9.84 Å². The van der Waals surface area contributed by atoms with Crippen molar-refractivity contribution in [2.75, 3.05) is 6.61 Å². The van der Waals surface area contributed by atoms with Gasteiger partial charge in [-0.3, -0.25) is 0 Å². The summed E-state index contributed by atoms with van der Waals surface area (Å²) in [5, 5.41) is 9.77. The standard InChI is InChI=1S/C19H18O2/c1-3-18(20)17-11-7-8-12-19(17)21-14-13-15(2)16-9-5-4-6-10-16/h1,4-13,18,20H,14H2,2H3/b15-13+. The lowest BCUT2D eigenvalue weighted by Crippen LogP contribution is -2.01. The van der Waals surface area contributed by atoms with Crippen molar-refractivity contribution in [3.63, 3.8) is 0 Å². The minimum absolute atomic E-state index is 0.426. The lowest BCUT2D eigenvalue weighted by atomic mass is 10.1. The van der Waals surface area contributed by atoms with Gasteiger partial charge in [-0.25, -0.2) is 0 Å². The molecule has 2 heteroatoms. The Morgan fingerprint density at radius 1 is 1.19 bits per heavy atom. The predicted molar refractivity (Wildman–Crippen MR) is 85.8 cm³/mol. The smallest absolute Gasteiger partial charge is 0.143 e. The largest absolute Gasteiger partial charge is 0.489 e. The normalized spacial score (nSPS) is 12.5. The van der Waals surface area contributed by atoms with E-state index in [2.05, 4.69) is 18.1 Å². The summed E-state index contributed by atoms with van der Waals surface area (Å²) in [4.78, 5) is 0. The summed E-state index contributed by atoms with van der Waals surface area (Å²) in [5.74, 6) is 2.92. The fourth-order valence-corrected chi connectivity index (χ4v) is 2.00. The minimum Gasteiger partial charge on any atom is -0.489 e. The van der Waals surface area contributed by atoms with E-state index in [0.717, 1.165) is 11.1 Å². The van der Waals surface area contributed by atoms with Gasteiger partial charge in [0.1, 0.15) is 18.5 Å². The Bertz CT molecular complexity index is 651. The summed E-state index contributed by atoms with van der Waals surface area (Å²) in [7, 11) is 0. The van der Waals surface area contributed by atoms with E-state index in [1.54, 1.807) is 6.07 Å². The first-order valence-electron chi connectivity index (χ1n) is 6.80. The van der Waals surface area contributed by atoms with Crippen LogP contribution in [0.15, 0.2) is 60.7 Å². The van der Waals surface area contributed by atoms with Gasteiger partial charge in [0.05, 0.1) is 0 Å². The molecule has 2 aromatic carbocycles. The summed E-state index contributed by atoms with van der Waals surface area (Å²) in [6, 6.07) is 17.4. The van der Waals surface area contributed by atoms with Crippen LogP contribution in [0.25, 0.3) is 5.57 Å². The van der Waals surface area contributed by atoms with E-state index >= 15 is 0 Å². The first kappa shape index (κ1) is 14.9. The third-order valence-electron chi connectivity index (χ3n) is 3.23. The average Bonchev–Trinajstić information content (AvgIpc) is 2.55. The van der Waals surface area contributed by atoms with Crippen LogP contribution >= 0.6 is 0 Å². The molecule has 0 aromatic heterocycles. The Kier molecular flexibility index (Phi) is 5.20. The van der Waals surface area contributed by atoms with Gasteiger partial charge in [0.2, 0.25) is 0 Å². The van der Waals surface area contributed by atoms with Crippen LogP contribution in [0, 0.1) is 12.3 Å². The van der Waals surface area contributed by atoms with Crippen LogP contribution in [0.4, 0.5) is 0 Å². The Balaban J connectivity index is 2.06. The zero-order valence-corrected chi connectivity index (χ0v) is 12.0. The lowest BCUT2D eigenvalue weighted by molar-refractivity contribution is 0.230. The van der Waals surface area contributed by atoms with Crippen molar-refractivity contribution in [1.29, 1.82) is 0 Å². The molecule has 0 spiro atoms. The molecule has 2 rings (SSSR count). The molecule has 0 aliphatic heterocycles. The van der Waals surface area contributed by atoms with Gasteiger partial charge < -0.3 is 9.84 Å². The van der Waals surface area contributed by atoms with E-state index in [9.17, 15) is 5.11 Å². The van der Waals surface area contributed by atoms with Crippen molar-refractivity contribution in [1.82, 2.24) is 0 Å². The van der Waals surface area contributed by atoms with Crippen LogP contribution in [-0.2, 0) is 0 Å². The zero-order valence-electron chi connectivity index (χ0n) is 12.0. The number of hydrogen-bond donors (Lipinski definition) is 1. The maximum Gasteiger partial charge on any atom is 0.143 e. The number of para-hydroxylation sites is 1. The van der Waals surface area contributed by atoms with Crippen LogP contribution in [0.5, 0.6) is 5.75 Å². The summed E-state index contributed by atoms with van der Waals surface area (Å²) in [6.45, 7) is 2.47. The molecule has 0 amide bonds. The van der Waals surface area contributed by atoms with Crippen LogP contribution in [0.2, 0.25) is 0 Å². The molecule has 0 fully saturated rings. The van der Waals surface area contributed by atoms with Crippen molar-refractivity contribution in [2.45, 2.75) is 13.0 Å². The Morgan fingerprint density at radius 3 is 2.57 bits per heavy atom. The van der Waals surface area contributed by atoms with Gasteiger partial charge in [0, 0.05) is 5.56 Å². The van der Waals surface area contributed by atoms with E-state index in [0.29, 0.717) is 17.9 Å². The topological polar surface area (TPSA) is 29.5 Å². The lowest BCUT2D eigenvalue weighted by Gasteiger charge is -2.11. The summed E-state index contributed by atoms with van der Waals surface area (Å²) in [6.07, 6.45) is 6.32. The monoisotopic (exact) mass is 278 g/mol. The van der Waals surface area contributed by atoms with Crippen LogP contribution in [0.1, 0.15) is 24.2 Å². The van der Waals surface area contributed by atoms with E-state index in [-0.39, 0.29) is 0 Å². The SMILES string of the molecule is C#CC(O)c1ccccc1OC/C=C(\C)c1ccccc1. The molecule has 21 heavy (non-hydrogen) atoms. The van der Waals surface area contributed by atoms with Gasteiger partial charge in [0.25, 0.3) is 0 Å². The maximum absolute atomic E-state index is 9.77. The highest BCUT2D eigenvalue weighted by Gasteiger charge is 2.09. The number of aliphatic hydroxyl groups is 1. The van der Waals surface area contributed by atoms with Crippen molar-refractivity contribution >= 4 is 5.57 Å². The van der Waals surface area contributed by atoms with E-state index < -0.39 is 6.10 Å². The molecule has 0 aliphatic rings. The number of benzene rings is 2. The number of hydrogen-bond acceptors (Lipinski definition) is 2. The van der Waals surface area contributed by atoms with Crippen molar-refractivity contribution in [3.05, 3.63) is 71.8 Å². The third kappa shape index (κ3) is 3.98. The second kappa shape index (κ2) is 7.33. The molecule has 0 radical (unpaired) electrons. The van der Waals surface area contributed by atoms with E-state index in [4.69, 9.17) is 11.2 Å². The fourth-order valence-electron chi connectivity index (χ4n) is 2.00. The van der Waals surface area contributed by atoms with Gasteiger partial charge in [-0.05, 0) is 30.2 Å². The maximum atomic E-state index is 9.77. The number of ether oxygens (including phenoxy) is 1. The molecule has 2 aromatic rings.